The van der Waals surface area contributed by atoms with Gasteiger partial charge in [0.2, 0.25) is 0 Å². The first-order valence-corrected chi connectivity index (χ1v) is 22.2. The van der Waals surface area contributed by atoms with E-state index in [1.807, 2.05) is 12.1 Å². The summed E-state index contributed by atoms with van der Waals surface area (Å²) in [6, 6.07) is 43.6. The third kappa shape index (κ3) is 6.49. The van der Waals surface area contributed by atoms with Gasteiger partial charge in [0.25, 0.3) is 0 Å². The Hall–Kier alpha value is -4.99. The molecule has 6 aromatic carbocycles. The molecule has 3 aliphatic heterocycles. The molecule has 63 heavy (non-hydrogen) atoms. The number of fused-ring (bicyclic) bond motifs is 10. The molecule has 0 bridgehead atoms. The Morgan fingerprint density at radius 3 is 1.62 bits per heavy atom. The third-order valence-corrected chi connectivity index (χ3v) is 13.6. The van der Waals surface area contributed by atoms with Crippen molar-refractivity contribution in [1.82, 2.24) is 0 Å². The molecule has 0 saturated carbocycles. The average molecular weight is 1010 g/mol. The van der Waals surface area contributed by atoms with E-state index in [0.717, 1.165) is 22.7 Å². The smallest absolute Gasteiger partial charge is 0.509 e. The van der Waals surface area contributed by atoms with E-state index in [0.29, 0.717) is 11.5 Å². The van der Waals surface area contributed by atoms with Crippen LogP contribution in [0, 0.1) is 25.5 Å². The predicted molar refractivity (Wildman–Crippen MR) is 259 cm³/mol. The fraction of sp³-hybridized carbons (Fsp3) is 0.333. The van der Waals surface area contributed by atoms with Crippen LogP contribution in [0.25, 0.3) is 11.1 Å². The van der Waals surface area contributed by atoms with Crippen molar-refractivity contribution in [3.05, 3.63) is 167 Å². The van der Waals surface area contributed by atoms with Gasteiger partial charge in [-0.3, -0.25) is 0 Å². The van der Waals surface area contributed by atoms with E-state index in [4.69, 9.17) is 4.74 Å². The SMILES string of the molecule is CN1[CH-]N(c2[c-]c(Oc3[c-]c4c(cc3)C3(c5cccc6c5N4[CH-]N6C)c4c(cc(C(C)(C)C)cc4C(C)(C)C)-c4cc(C(C)(C)C)cc(C(C)(C)C)c43)ccc2)c2ccccc21.[Pt+4]. The van der Waals surface area contributed by atoms with Crippen molar-refractivity contribution in [2.24, 2.45) is 0 Å². The molecule has 0 unspecified atom stereocenters. The van der Waals surface area contributed by atoms with E-state index in [2.05, 4.69) is 227 Å². The summed E-state index contributed by atoms with van der Waals surface area (Å²) in [6.07, 6.45) is 0. The molecule has 6 heteroatoms. The van der Waals surface area contributed by atoms with Crippen LogP contribution in [0.15, 0.2) is 97.1 Å². The molecule has 4 aliphatic rings. The molecule has 1 aliphatic carbocycles. The zero-order chi connectivity index (χ0) is 44.1. The first-order valence-electron chi connectivity index (χ1n) is 22.2. The molecule has 1 spiro atoms. The summed E-state index contributed by atoms with van der Waals surface area (Å²) >= 11 is 0. The Labute approximate surface area is 391 Å². The van der Waals surface area contributed by atoms with E-state index < -0.39 is 5.41 Å². The number of para-hydroxylation sites is 3. The van der Waals surface area contributed by atoms with E-state index >= 15 is 0 Å². The molecule has 5 nitrogen and oxygen atoms in total. The van der Waals surface area contributed by atoms with Crippen molar-refractivity contribution in [2.75, 3.05) is 33.7 Å². The Morgan fingerprint density at radius 1 is 0.508 bits per heavy atom. The number of hydrogen-bond acceptors (Lipinski definition) is 5. The summed E-state index contributed by atoms with van der Waals surface area (Å²) in [5.74, 6) is 1.29. The zero-order valence-electron chi connectivity index (χ0n) is 39.4. The fourth-order valence-corrected chi connectivity index (χ4v) is 10.4. The molecule has 0 aromatic heterocycles. The molecule has 10 rings (SSSR count). The fourth-order valence-electron chi connectivity index (χ4n) is 10.4. The van der Waals surface area contributed by atoms with Gasteiger partial charge in [-0.15, -0.1) is 41.6 Å². The van der Waals surface area contributed by atoms with E-state index in [1.165, 1.54) is 67.0 Å². The number of benzene rings is 6. The van der Waals surface area contributed by atoms with Crippen molar-refractivity contribution in [2.45, 2.75) is 110 Å². The van der Waals surface area contributed by atoms with Gasteiger partial charge < -0.3 is 24.3 Å². The largest absolute Gasteiger partial charge is 4.00 e. The maximum absolute atomic E-state index is 6.82. The van der Waals surface area contributed by atoms with Crippen LogP contribution in [-0.2, 0) is 48.1 Å². The Morgan fingerprint density at radius 2 is 1.03 bits per heavy atom. The molecule has 0 radical (unpaired) electrons. The average Bonchev–Trinajstić information content (AvgIpc) is 3.83. The predicted octanol–water partition coefficient (Wildman–Crippen LogP) is 14.4. The van der Waals surface area contributed by atoms with Gasteiger partial charge in [0.1, 0.15) is 0 Å². The molecule has 0 atom stereocenters. The van der Waals surface area contributed by atoms with Crippen LogP contribution in [-0.4, -0.2) is 14.1 Å². The molecule has 6 aromatic rings. The zero-order valence-corrected chi connectivity index (χ0v) is 41.7. The van der Waals surface area contributed by atoms with Crippen molar-refractivity contribution in [3.63, 3.8) is 0 Å². The molecule has 324 valence electrons. The van der Waals surface area contributed by atoms with Crippen LogP contribution < -0.4 is 24.3 Å². The molecule has 0 fully saturated rings. The van der Waals surface area contributed by atoms with Crippen LogP contribution in [0.2, 0.25) is 0 Å². The number of nitrogens with zero attached hydrogens (tertiary/aromatic N) is 4. The van der Waals surface area contributed by atoms with E-state index in [-0.39, 0.29) is 42.7 Å². The maximum Gasteiger partial charge on any atom is 4.00 e. The quantitative estimate of drug-likeness (QED) is 0.164. The molecule has 0 N–H and O–H groups in total. The van der Waals surface area contributed by atoms with Crippen LogP contribution in [0.1, 0.15) is 128 Å². The minimum Gasteiger partial charge on any atom is -0.509 e. The van der Waals surface area contributed by atoms with Gasteiger partial charge in [-0.25, -0.2) is 0 Å². The van der Waals surface area contributed by atoms with Crippen molar-refractivity contribution < 1.29 is 25.8 Å². The molecule has 0 saturated heterocycles. The maximum atomic E-state index is 6.82. The first-order chi connectivity index (χ1) is 29.1. The Bertz CT molecular complexity index is 2750. The van der Waals surface area contributed by atoms with Gasteiger partial charge in [0.05, 0.1) is 0 Å². The standard InChI is InChI=1S/C57H60N4O.Pt/c1-53(2,3)35-27-40-41-28-36(54(4,5)6)30-45(56(10,11)12)51(41)57(50(40)44(29-35)55(7,8)9)42-26-25-39(32-49(42)61-34-59(14)48-24-18-21-43(57)52(48)61)62-38-20-17-19-37(31-38)60-33-58(13)46-22-15-16-23-47(46)60;/h15-30,33-34H,1-14H3;/q-4;+4. The van der Waals surface area contributed by atoms with Gasteiger partial charge >= 0.3 is 21.1 Å². The monoisotopic (exact) mass is 1010 g/mol. The first kappa shape index (κ1) is 43.3. The van der Waals surface area contributed by atoms with Crippen LogP contribution in [0.5, 0.6) is 11.5 Å². The molecule has 0 amide bonds. The van der Waals surface area contributed by atoms with Crippen molar-refractivity contribution >= 4 is 34.1 Å². The van der Waals surface area contributed by atoms with Crippen molar-refractivity contribution in [1.29, 1.82) is 0 Å². The summed E-state index contributed by atoms with van der Waals surface area (Å²) in [6.45, 7) is 32.8. The number of rotatable bonds is 3. The van der Waals surface area contributed by atoms with Gasteiger partial charge in [0.15, 0.2) is 0 Å². The number of anilines is 6. The van der Waals surface area contributed by atoms with Gasteiger partial charge in [-0.1, -0.05) is 137 Å². The van der Waals surface area contributed by atoms with Gasteiger partial charge in [-0.2, -0.15) is 25.5 Å². The Kier molecular flexibility index (Phi) is 9.79. The van der Waals surface area contributed by atoms with Crippen LogP contribution in [0.3, 0.4) is 0 Å². The van der Waals surface area contributed by atoms with Crippen molar-refractivity contribution in [3.8, 4) is 22.6 Å². The Balaban J connectivity index is 0.00000504. The third-order valence-electron chi connectivity index (χ3n) is 13.6. The van der Waals surface area contributed by atoms with Gasteiger partial charge in [-0.05, 0) is 104 Å². The minimum absolute atomic E-state index is 0. The van der Waals surface area contributed by atoms with Gasteiger partial charge in [0, 0.05) is 39.7 Å². The number of ether oxygens (including phenoxy) is 1. The molecule has 3 heterocycles. The summed E-state index contributed by atoms with van der Waals surface area (Å²) in [4.78, 5) is 8.94. The summed E-state index contributed by atoms with van der Waals surface area (Å²) < 4.78 is 6.82. The number of hydrogen-bond donors (Lipinski definition) is 0. The van der Waals surface area contributed by atoms with E-state index in [9.17, 15) is 0 Å². The topological polar surface area (TPSA) is 22.2 Å². The van der Waals surface area contributed by atoms with Crippen LogP contribution >= 0.6 is 0 Å². The summed E-state index contributed by atoms with van der Waals surface area (Å²) in [5, 5.41) is 0. The summed E-state index contributed by atoms with van der Waals surface area (Å²) in [5.41, 5.74) is 19.0. The summed E-state index contributed by atoms with van der Waals surface area (Å²) in [7, 11) is 4.24. The normalized spacial score (nSPS) is 15.8. The van der Waals surface area contributed by atoms with E-state index in [1.54, 1.807) is 0 Å². The molecular weight excluding hydrogens is 952 g/mol. The second kappa shape index (κ2) is 14.3. The second-order valence-corrected chi connectivity index (χ2v) is 22.1. The minimum atomic E-state index is -0.648. The second-order valence-electron chi connectivity index (χ2n) is 22.1. The van der Waals surface area contributed by atoms with Crippen LogP contribution in [0.4, 0.5) is 34.1 Å². The molecular formula is C57H60N4OPt.